The van der Waals surface area contributed by atoms with Crippen LogP contribution in [0.15, 0.2) is 0 Å². The van der Waals surface area contributed by atoms with Gasteiger partial charge in [-0.2, -0.15) is 5.26 Å². The Morgan fingerprint density at radius 3 is 2.50 bits per heavy atom. The number of rotatable bonds is 1. The van der Waals surface area contributed by atoms with E-state index in [-0.39, 0.29) is 5.91 Å². The third-order valence-corrected chi connectivity index (χ3v) is 2.75. The van der Waals surface area contributed by atoms with Crippen LogP contribution in [-0.2, 0) is 4.79 Å². The lowest BCUT2D eigenvalue weighted by Gasteiger charge is -2.39. The van der Waals surface area contributed by atoms with Crippen LogP contribution in [0.1, 0.15) is 19.8 Å². The van der Waals surface area contributed by atoms with E-state index < -0.39 is 5.41 Å². The van der Waals surface area contributed by atoms with Crippen molar-refractivity contribution in [3.63, 3.8) is 0 Å². The monoisotopic (exact) mass is 164 g/mol. The standard InChI is InChI=1S/C9H12N2O/c1-7-4-9(5-7,6-10)8(12)11-2-3-11/h7H,2-5H2,1H3. The maximum Gasteiger partial charge on any atom is 0.243 e. The van der Waals surface area contributed by atoms with E-state index in [9.17, 15) is 4.79 Å². The van der Waals surface area contributed by atoms with Crippen LogP contribution in [0.5, 0.6) is 0 Å². The highest BCUT2D eigenvalue weighted by Crippen LogP contribution is 2.46. The molecule has 1 aliphatic carbocycles. The molecule has 12 heavy (non-hydrogen) atoms. The Morgan fingerprint density at radius 2 is 2.17 bits per heavy atom. The van der Waals surface area contributed by atoms with Crippen molar-refractivity contribution in [3.05, 3.63) is 0 Å². The molecule has 0 atom stereocenters. The van der Waals surface area contributed by atoms with E-state index in [1.165, 1.54) is 0 Å². The van der Waals surface area contributed by atoms with Gasteiger partial charge in [-0.15, -0.1) is 0 Å². The Kier molecular flexibility index (Phi) is 1.41. The zero-order valence-electron chi connectivity index (χ0n) is 7.21. The van der Waals surface area contributed by atoms with Crippen molar-refractivity contribution in [1.82, 2.24) is 4.90 Å². The van der Waals surface area contributed by atoms with Crippen molar-refractivity contribution in [2.24, 2.45) is 11.3 Å². The van der Waals surface area contributed by atoms with Gasteiger partial charge >= 0.3 is 0 Å². The summed E-state index contributed by atoms with van der Waals surface area (Å²) in [5, 5.41) is 8.90. The molecule has 64 valence electrons. The van der Waals surface area contributed by atoms with Gasteiger partial charge in [0, 0.05) is 13.1 Å². The minimum absolute atomic E-state index is 0.0723. The first-order valence-corrected chi connectivity index (χ1v) is 4.38. The lowest BCUT2D eigenvalue weighted by atomic mass is 9.63. The molecule has 0 bridgehead atoms. The molecule has 1 saturated carbocycles. The van der Waals surface area contributed by atoms with Crippen LogP contribution in [0, 0.1) is 22.7 Å². The fraction of sp³-hybridized carbons (Fsp3) is 0.778. The van der Waals surface area contributed by atoms with E-state index in [0.717, 1.165) is 25.9 Å². The topological polar surface area (TPSA) is 43.9 Å². The fourth-order valence-corrected chi connectivity index (χ4v) is 2.00. The van der Waals surface area contributed by atoms with Crippen molar-refractivity contribution in [1.29, 1.82) is 5.26 Å². The number of carbonyl (C=O) groups excluding carboxylic acids is 1. The molecule has 0 aromatic rings. The highest BCUT2D eigenvalue weighted by molar-refractivity contribution is 5.88. The molecular weight excluding hydrogens is 152 g/mol. The summed E-state index contributed by atoms with van der Waals surface area (Å²) in [6, 6.07) is 2.18. The zero-order chi connectivity index (χ0) is 8.77. The van der Waals surface area contributed by atoms with Crippen LogP contribution in [0.2, 0.25) is 0 Å². The Balaban J connectivity index is 2.09. The van der Waals surface area contributed by atoms with E-state index in [1.807, 2.05) is 0 Å². The predicted octanol–water partition coefficient (Wildman–Crippen LogP) is 0.768. The maximum atomic E-state index is 11.6. The van der Waals surface area contributed by atoms with Crippen LogP contribution in [0.3, 0.4) is 0 Å². The highest BCUT2D eigenvalue weighted by Gasteiger charge is 2.52. The Labute approximate surface area is 72.0 Å². The summed E-state index contributed by atoms with van der Waals surface area (Å²) in [4.78, 5) is 13.3. The maximum absolute atomic E-state index is 11.6. The van der Waals surface area contributed by atoms with Crippen molar-refractivity contribution >= 4 is 5.91 Å². The summed E-state index contributed by atoms with van der Waals surface area (Å²) in [6.45, 7) is 3.80. The molecule has 0 aromatic heterocycles. The summed E-state index contributed by atoms with van der Waals surface area (Å²) in [5.74, 6) is 0.622. The average Bonchev–Trinajstić information content (AvgIpc) is 2.79. The van der Waals surface area contributed by atoms with Gasteiger partial charge in [0.1, 0.15) is 5.41 Å². The van der Waals surface area contributed by atoms with Gasteiger partial charge in [-0.3, -0.25) is 4.79 Å². The van der Waals surface area contributed by atoms with Crippen molar-refractivity contribution in [2.45, 2.75) is 19.8 Å². The molecule has 2 rings (SSSR count). The Hall–Kier alpha value is -1.04. The first-order chi connectivity index (χ1) is 5.68. The average molecular weight is 164 g/mol. The van der Waals surface area contributed by atoms with Gasteiger partial charge in [-0.1, -0.05) is 6.92 Å². The van der Waals surface area contributed by atoms with Gasteiger partial charge in [0.2, 0.25) is 5.91 Å². The van der Waals surface area contributed by atoms with E-state index in [2.05, 4.69) is 13.0 Å². The van der Waals surface area contributed by atoms with E-state index >= 15 is 0 Å². The lowest BCUT2D eigenvalue weighted by molar-refractivity contribution is -0.139. The van der Waals surface area contributed by atoms with Crippen LogP contribution in [0.4, 0.5) is 0 Å². The number of hydrogen-bond donors (Lipinski definition) is 0. The highest BCUT2D eigenvalue weighted by atomic mass is 16.2. The predicted molar refractivity (Wildman–Crippen MR) is 43.0 cm³/mol. The summed E-state index contributed by atoms with van der Waals surface area (Å²) in [5.41, 5.74) is -0.629. The number of hydrogen-bond acceptors (Lipinski definition) is 2. The molecule has 2 aliphatic rings. The second-order valence-corrected chi connectivity index (χ2v) is 4.00. The zero-order valence-corrected chi connectivity index (χ0v) is 7.21. The molecule has 3 nitrogen and oxygen atoms in total. The van der Waals surface area contributed by atoms with Gasteiger partial charge in [-0.25, -0.2) is 0 Å². The lowest BCUT2D eigenvalue weighted by Crippen LogP contribution is -2.44. The normalized spacial score (nSPS) is 38.3. The van der Waals surface area contributed by atoms with Crippen LogP contribution in [0.25, 0.3) is 0 Å². The third-order valence-electron chi connectivity index (χ3n) is 2.75. The second-order valence-electron chi connectivity index (χ2n) is 4.00. The first kappa shape index (κ1) is 7.60. The third kappa shape index (κ3) is 0.911. The number of nitriles is 1. The molecule has 0 N–H and O–H groups in total. The minimum atomic E-state index is -0.629. The Bertz CT molecular complexity index is 256. The van der Waals surface area contributed by atoms with Gasteiger partial charge in [-0.05, 0) is 18.8 Å². The number of nitrogens with zero attached hydrogens (tertiary/aromatic N) is 2. The van der Waals surface area contributed by atoms with E-state index in [1.54, 1.807) is 4.90 Å². The minimum Gasteiger partial charge on any atom is -0.338 e. The summed E-state index contributed by atoms with van der Waals surface area (Å²) in [7, 11) is 0. The smallest absolute Gasteiger partial charge is 0.243 e. The molecule has 2 fully saturated rings. The second kappa shape index (κ2) is 2.22. The van der Waals surface area contributed by atoms with Crippen LogP contribution >= 0.6 is 0 Å². The van der Waals surface area contributed by atoms with Crippen molar-refractivity contribution in [3.8, 4) is 6.07 Å². The van der Waals surface area contributed by atoms with Crippen LogP contribution in [-0.4, -0.2) is 23.9 Å². The molecule has 0 spiro atoms. The van der Waals surface area contributed by atoms with Gasteiger partial charge in [0.15, 0.2) is 0 Å². The van der Waals surface area contributed by atoms with Crippen molar-refractivity contribution in [2.75, 3.05) is 13.1 Å². The molecule has 0 aromatic carbocycles. The van der Waals surface area contributed by atoms with Gasteiger partial charge in [0.05, 0.1) is 6.07 Å². The molecule has 1 saturated heterocycles. The first-order valence-electron chi connectivity index (χ1n) is 4.38. The fourth-order valence-electron chi connectivity index (χ4n) is 2.00. The number of carbonyl (C=O) groups is 1. The van der Waals surface area contributed by atoms with Crippen molar-refractivity contribution < 1.29 is 4.79 Å². The van der Waals surface area contributed by atoms with Crippen LogP contribution < -0.4 is 0 Å². The van der Waals surface area contributed by atoms with E-state index in [0.29, 0.717) is 5.92 Å². The molecule has 0 radical (unpaired) electrons. The SMILES string of the molecule is CC1CC(C#N)(C(=O)N2CC2)C1. The van der Waals surface area contributed by atoms with Gasteiger partial charge in [0.25, 0.3) is 0 Å². The molecule has 0 unspecified atom stereocenters. The summed E-state index contributed by atoms with van der Waals surface area (Å²) >= 11 is 0. The molecule has 1 heterocycles. The van der Waals surface area contributed by atoms with E-state index in [4.69, 9.17) is 5.26 Å². The summed E-state index contributed by atoms with van der Waals surface area (Å²) in [6.07, 6.45) is 1.53. The summed E-state index contributed by atoms with van der Waals surface area (Å²) < 4.78 is 0. The molecule has 1 amide bonds. The quantitative estimate of drug-likeness (QED) is 0.537. The largest absolute Gasteiger partial charge is 0.338 e. The van der Waals surface area contributed by atoms with Gasteiger partial charge < -0.3 is 4.90 Å². The molecule has 3 heteroatoms. The number of amides is 1. The Morgan fingerprint density at radius 1 is 1.58 bits per heavy atom. The molecular formula is C9H12N2O. The molecule has 1 aliphatic heterocycles.